The topological polar surface area (TPSA) is 32.7 Å². The van der Waals surface area contributed by atoms with Crippen LogP contribution in [0, 0.1) is 4.91 Å². The standard InChI is InChI=1S/C15H16N2O/c18-16-11-12-17(15-9-5-2-6-10-15)13-14-7-3-1-4-8-14/h1-10H,11-13H2. The molecular weight excluding hydrogens is 224 g/mol. The Morgan fingerprint density at radius 1 is 0.889 bits per heavy atom. The third kappa shape index (κ3) is 3.42. The van der Waals surface area contributed by atoms with E-state index in [9.17, 15) is 4.91 Å². The van der Waals surface area contributed by atoms with Crippen molar-refractivity contribution >= 4 is 5.69 Å². The van der Waals surface area contributed by atoms with Crippen molar-refractivity contribution in [2.45, 2.75) is 6.54 Å². The first-order chi connectivity index (χ1) is 8.90. The van der Waals surface area contributed by atoms with Crippen molar-refractivity contribution in [1.82, 2.24) is 0 Å². The van der Waals surface area contributed by atoms with Crippen molar-refractivity contribution in [1.29, 1.82) is 0 Å². The number of hydrogen-bond donors (Lipinski definition) is 0. The summed E-state index contributed by atoms with van der Waals surface area (Å²) in [6, 6.07) is 20.3. The number of benzene rings is 2. The smallest absolute Gasteiger partial charge is 0.0986 e. The summed E-state index contributed by atoms with van der Waals surface area (Å²) in [5.74, 6) is 0. The van der Waals surface area contributed by atoms with Crippen LogP contribution >= 0.6 is 0 Å². The van der Waals surface area contributed by atoms with Crippen LogP contribution in [-0.4, -0.2) is 13.1 Å². The maximum absolute atomic E-state index is 10.3. The lowest BCUT2D eigenvalue weighted by Gasteiger charge is -2.23. The van der Waals surface area contributed by atoms with E-state index >= 15 is 0 Å². The Hall–Kier alpha value is -2.16. The highest BCUT2D eigenvalue weighted by Gasteiger charge is 2.06. The summed E-state index contributed by atoms with van der Waals surface area (Å²) in [5.41, 5.74) is 2.34. The summed E-state index contributed by atoms with van der Waals surface area (Å²) in [4.78, 5) is 12.5. The molecule has 0 atom stereocenters. The van der Waals surface area contributed by atoms with Gasteiger partial charge in [-0.25, -0.2) is 0 Å². The minimum atomic E-state index is 0.307. The van der Waals surface area contributed by atoms with E-state index < -0.39 is 0 Å². The van der Waals surface area contributed by atoms with Crippen molar-refractivity contribution < 1.29 is 0 Å². The third-order valence-corrected chi connectivity index (χ3v) is 2.80. The fourth-order valence-corrected chi connectivity index (χ4v) is 1.90. The highest BCUT2D eigenvalue weighted by atomic mass is 16.3. The van der Waals surface area contributed by atoms with Crippen molar-refractivity contribution in [3.63, 3.8) is 0 Å². The van der Waals surface area contributed by atoms with Gasteiger partial charge in [-0.15, -0.1) is 0 Å². The Morgan fingerprint density at radius 2 is 1.50 bits per heavy atom. The van der Waals surface area contributed by atoms with Gasteiger partial charge in [-0.1, -0.05) is 53.7 Å². The zero-order valence-corrected chi connectivity index (χ0v) is 10.2. The van der Waals surface area contributed by atoms with Crippen LogP contribution in [0.1, 0.15) is 5.56 Å². The van der Waals surface area contributed by atoms with Gasteiger partial charge >= 0.3 is 0 Å². The van der Waals surface area contributed by atoms with Crippen molar-refractivity contribution in [2.75, 3.05) is 18.0 Å². The Kier molecular flexibility index (Phi) is 4.47. The first-order valence-electron chi connectivity index (χ1n) is 6.03. The van der Waals surface area contributed by atoms with Gasteiger partial charge in [0.1, 0.15) is 0 Å². The molecule has 0 saturated heterocycles. The monoisotopic (exact) mass is 240 g/mol. The van der Waals surface area contributed by atoms with Crippen LogP contribution in [0.4, 0.5) is 5.69 Å². The first-order valence-corrected chi connectivity index (χ1v) is 6.03. The van der Waals surface area contributed by atoms with Crippen LogP contribution in [-0.2, 0) is 6.54 Å². The molecule has 0 heterocycles. The average molecular weight is 240 g/mol. The second-order valence-corrected chi connectivity index (χ2v) is 4.10. The quantitative estimate of drug-likeness (QED) is 0.724. The predicted molar refractivity (Wildman–Crippen MR) is 74.6 cm³/mol. The molecule has 3 heteroatoms. The SMILES string of the molecule is O=NCCN(Cc1ccccc1)c1ccccc1. The molecule has 0 radical (unpaired) electrons. The molecule has 92 valence electrons. The molecule has 0 aliphatic heterocycles. The number of nitroso groups, excluding NO2 is 1. The second kappa shape index (κ2) is 6.55. The van der Waals surface area contributed by atoms with Crippen LogP contribution in [0.5, 0.6) is 0 Å². The van der Waals surface area contributed by atoms with Crippen LogP contribution < -0.4 is 4.90 Å². The molecule has 18 heavy (non-hydrogen) atoms. The van der Waals surface area contributed by atoms with Gasteiger partial charge in [0.15, 0.2) is 0 Å². The molecule has 0 aromatic heterocycles. The van der Waals surface area contributed by atoms with Gasteiger partial charge in [0.2, 0.25) is 0 Å². The van der Waals surface area contributed by atoms with Gasteiger partial charge in [-0.2, -0.15) is 4.91 Å². The molecule has 0 fully saturated rings. The molecule has 0 aliphatic rings. The first kappa shape index (κ1) is 12.3. The lowest BCUT2D eigenvalue weighted by Crippen LogP contribution is -2.25. The normalized spacial score (nSPS) is 10.0. The summed E-state index contributed by atoms with van der Waals surface area (Å²) in [6.45, 7) is 1.74. The molecule has 0 saturated carbocycles. The molecule has 0 aliphatic carbocycles. The van der Waals surface area contributed by atoms with Gasteiger partial charge in [-0.05, 0) is 17.7 Å². The zero-order valence-electron chi connectivity index (χ0n) is 10.2. The van der Waals surface area contributed by atoms with E-state index in [1.165, 1.54) is 5.56 Å². The summed E-state index contributed by atoms with van der Waals surface area (Å²) < 4.78 is 0. The van der Waals surface area contributed by atoms with E-state index in [1.54, 1.807) is 0 Å². The predicted octanol–water partition coefficient (Wildman–Crippen LogP) is 3.46. The number of hydrogen-bond acceptors (Lipinski definition) is 3. The third-order valence-electron chi connectivity index (χ3n) is 2.80. The molecule has 3 nitrogen and oxygen atoms in total. The van der Waals surface area contributed by atoms with Crippen LogP contribution in [0.25, 0.3) is 0 Å². The highest BCUT2D eigenvalue weighted by Crippen LogP contribution is 2.16. The van der Waals surface area contributed by atoms with Crippen molar-refractivity contribution in [2.24, 2.45) is 5.18 Å². The molecule has 0 bridgehead atoms. The lowest BCUT2D eigenvalue weighted by atomic mass is 10.2. The zero-order chi connectivity index (χ0) is 12.6. The lowest BCUT2D eigenvalue weighted by molar-refractivity contribution is 0.788. The largest absolute Gasteiger partial charge is 0.365 e. The van der Waals surface area contributed by atoms with E-state index in [0.717, 1.165) is 12.2 Å². The molecule has 0 spiro atoms. The summed E-state index contributed by atoms with van der Waals surface area (Å²) in [7, 11) is 0. The van der Waals surface area contributed by atoms with Gasteiger partial charge in [-0.3, -0.25) is 0 Å². The van der Waals surface area contributed by atoms with E-state index in [4.69, 9.17) is 0 Å². The molecule has 0 unspecified atom stereocenters. The van der Waals surface area contributed by atoms with Crippen molar-refractivity contribution in [3.05, 3.63) is 71.1 Å². The minimum Gasteiger partial charge on any atom is -0.365 e. The fourth-order valence-electron chi connectivity index (χ4n) is 1.90. The summed E-state index contributed by atoms with van der Waals surface area (Å²) >= 11 is 0. The number of para-hydroxylation sites is 1. The van der Waals surface area contributed by atoms with Gasteiger partial charge in [0, 0.05) is 18.8 Å². The highest BCUT2D eigenvalue weighted by molar-refractivity contribution is 5.46. The molecule has 0 amide bonds. The molecular formula is C15H16N2O. The molecule has 2 aromatic carbocycles. The Bertz CT molecular complexity index is 470. The fraction of sp³-hybridized carbons (Fsp3) is 0.200. The molecule has 2 rings (SSSR count). The van der Waals surface area contributed by atoms with E-state index in [1.807, 2.05) is 48.5 Å². The Morgan fingerprint density at radius 3 is 2.11 bits per heavy atom. The minimum absolute atomic E-state index is 0.307. The number of rotatable bonds is 6. The number of nitrogens with zero attached hydrogens (tertiary/aromatic N) is 2. The van der Waals surface area contributed by atoms with Gasteiger partial charge in [0.05, 0.1) is 6.54 Å². The average Bonchev–Trinajstić information content (AvgIpc) is 2.45. The maximum atomic E-state index is 10.3. The van der Waals surface area contributed by atoms with Gasteiger partial charge in [0.25, 0.3) is 0 Å². The summed E-state index contributed by atoms with van der Waals surface area (Å²) in [5, 5.41) is 2.95. The number of anilines is 1. The van der Waals surface area contributed by atoms with E-state index in [2.05, 4.69) is 22.2 Å². The Balaban J connectivity index is 2.13. The van der Waals surface area contributed by atoms with Crippen LogP contribution in [0.3, 0.4) is 0 Å². The maximum Gasteiger partial charge on any atom is 0.0986 e. The molecule has 2 aromatic rings. The van der Waals surface area contributed by atoms with Crippen molar-refractivity contribution in [3.8, 4) is 0 Å². The van der Waals surface area contributed by atoms with Gasteiger partial charge < -0.3 is 4.90 Å². The van der Waals surface area contributed by atoms with E-state index in [0.29, 0.717) is 13.1 Å². The molecule has 0 N–H and O–H groups in total. The summed E-state index contributed by atoms with van der Waals surface area (Å²) in [6.07, 6.45) is 0. The van der Waals surface area contributed by atoms with Crippen LogP contribution in [0.15, 0.2) is 65.8 Å². The van der Waals surface area contributed by atoms with Crippen LogP contribution in [0.2, 0.25) is 0 Å². The van der Waals surface area contributed by atoms with E-state index in [-0.39, 0.29) is 0 Å². The Labute approximate surface area is 107 Å². The second-order valence-electron chi connectivity index (χ2n) is 4.10.